The molecule has 1 aromatic heterocycles. The topological polar surface area (TPSA) is 61.2 Å². The number of nitrogens with zero attached hydrogens (tertiary/aromatic N) is 2. The van der Waals surface area contributed by atoms with Crippen molar-refractivity contribution in [2.45, 2.75) is 23.9 Å². The molecule has 0 aliphatic rings. The monoisotopic (exact) mass is 402 g/mol. The quantitative estimate of drug-likeness (QED) is 0.339. The largest absolute Gasteiger partial charge is 0.383 e. The predicted octanol–water partition coefficient (Wildman–Crippen LogP) is 4.06. The third-order valence-corrected chi connectivity index (χ3v) is 5.43. The molecule has 7 heteroatoms. The van der Waals surface area contributed by atoms with Gasteiger partial charge in [0.05, 0.1) is 29.3 Å². The van der Waals surface area contributed by atoms with Gasteiger partial charge in [-0.2, -0.15) is 0 Å². The van der Waals surface area contributed by atoms with E-state index in [9.17, 15) is 9.59 Å². The number of carbonyl (C=O) groups is 1. The van der Waals surface area contributed by atoms with E-state index < -0.39 is 5.25 Å². The summed E-state index contributed by atoms with van der Waals surface area (Å²) >= 11 is 7.25. The molecule has 1 unspecified atom stereocenters. The number of Topliss-reactive ketones (excluding diaryl/α,β-unsaturated/α-hetero) is 1. The van der Waals surface area contributed by atoms with E-state index in [1.165, 1.54) is 11.8 Å². The minimum atomic E-state index is -0.426. The summed E-state index contributed by atoms with van der Waals surface area (Å²) in [5.74, 6) is -0.0665. The average Bonchev–Trinajstić information content (AvgIpc) is 2.67. The lowest BCUT2D eigenvalue weighted by Crippen LogP contribution is -2.26. The van der Waals surface area contributed by atoms with Gasteiger partial charge in [-0.1, -0.05) is 47.6 Å². The van der Waals surface area contributed by atoms with Crippen molar-refractivity contribution >= 4 is 40.0 Å². The Bertz CT molecular complexity index is 1040. The van der Waals surface area contributed by atoms with Gasteiger partial charge in [0.2, 0.25) is 0 Å². The van der Waals surface area contributed by atoms with Crippen molar-refractivity contribution in [3.63, 3.8) is 0 Å². The van der Waals surface area contributed by atoms with Crippen LogP contribution in [0.5, 0.6) is 0 Å². The first-order valence-corrected chi connectivity index (χ1v) is 9.72. The standard InChI is InChI=1S/C20H19ClN2O3S/c1-13(18(24)14-6-5-7-15(21)12-14)27-20-22-17-9-4-3-8-16(17)19(25)23(20)10-11-26-2/h3-9,12-13H,10-11H2,1-2H3. The Kier molecular flexibility index (Phi) is 6.31. The van der Waals surface area contributed by atoms with Gasteiger partial charge in [-0.15, -0.1) is 0 Å². The number of thioether (sulfide) groups is 1. The maximum absolute atomic E-state index is 12.9. The van der Waals surface area contributed by atoms with E-state index in [-0.39, 0.29) is 11.3 Å². The Labute approximate surface area is 166 Å². The van der Waals surface area contributed by atoms with Crippen molar-refractivity contribution in [1.29, 1.82) is 0 Å². The van der Waals surface area contributed by atoms with E-state index in [2.05, 4.69) is 4.98 Å². The van der Waals surface area contributed by atoms with Crippen LogP contribution in [0.2, 0.25) is 5.02 Å². The number of ketones is 1. The van der Waals surface area contributed by atoms with Crippen LogP contribution in [0.3, 0.4) is 0 Å². The molecule has 0 amide bonds. The molecular weight excluding hydrogens is 384 g/mol. The molecule has 140 valence electrons. The number of aromatic nitrogens is 2. The lowest BCUT2D eigenvalue weighted by atomic mass is 10.1. The van der Waals surface area contributed by atoms with Crippen LogP contribution in [0, 0.1) is 0 Å². The van der Waals surface area contributed by atoms with E-state index >= 15 is 0 Å². The molecule has 0 spiro atoms. The maximum atomic E-state index is 12.9. The Morgan fingerprint density at radius 3 is 2.78 bits per heavy atom. The summed E-state index contributed by atoms with van der Waals surface area (Å²) in [4.78, 5) is 30.2. The van der Waals surface area contributed by atoms with Crippen molar-refractivity contribution in [3.8, 4) is 0 Å². The number of ether oxygens (including phenoxy) is 1. The Balaban J connectivity index is 1.97. The van der Waals surface area contributed by atoms with Crippen LogP contribution in [0.1, 0.15) is 17.3 Å². The fourth-order valence-electron chi connectivity index (χ4n) is 2.71. The van der Waals surface area contributed by atoms with Crippen LogP contribution in [0.25, 0.3) is 10.9 Å². The number of hydrogen-bond acceptors (Lipinski definition) is 5. The Morgan fingerprint density at radius 1 is 1.26 bits per heavy atom. The summed E-state index contributed by atoms with van der Waals surface area (Å²) in [7, 11) is 1.58. The minimum Gasteiger partial charge on any atom is -0.383 e. The molecule has 0 saturated heterocycles. The number of halogens is 1. The van der Waals surface area contributed by atoms with E-state index in [1.807, 2.05) is 12.1 Å². The predicted molar refractivity (Wildman–Crippen MR) is 109 cm³/mol. The molecule has 2 aromatic carbocycles. The van der Waals surface area contributed by atoms with Gasteiger partial charge in [0.15, 0.2) is 10.9 Å². The molecule has 1 atom stereocenters. The SMILES string of the molecule is COCCn1c(SC(C)C(=O)c2cccc(Cl)c2)nc2ccccc2c1=O. The van der Waals surface area contributed by atoms with Gasteiger partial charge in [0.25, 0.3) is 5.56 Å². The number of benzene rings is 2. The fraction of sp³-hybridized carbons (Fsp3) is 0.250. The fourth-order valence-corrected chi connectivity index (χ4v) is 3.91. The molecule has 3 aromatic rings. The van der Waals surface area contributed by atoms with Crippen molar-refractivity contribution in [3.05, 3.63) is 69.5 Å². The smallest absolute Gasteiger partial charge is 0.262 e. The molecule has 3 rings (SSSR count). The third-order valence-electron chi connectivity index (χ3n) is 4.11. The summed E-state index contributed by atoms with van der Waals surface area (Å²) < 4.78 is 6.69. The first-order valence-electron chi connectivity index (χ1n) is 8.46. The molecule has 0 aliphatic carbocycles. The zero-order valence-corrected chi connectivity index (χ0v) is 16.6. The lowest BCUT2D eigenvalue weighted by molar-refractivity contribution is 0.0994. The first kappa shape index (κ1) is 19.6. The molecule has 0 bridgehead atoms. The molecule has 0 N–H and O–H groups in total. The number of carbonyl (C=O) groups excluding carboxylic acids is 1. The van der Waals surface area contributed by atoms with Crippen LogP contribution >= 0.6 is 23.4 Å². The second-order valence-corrected chi connectivity index (χ2v) is 7.74. The van der Waals surface area contributed by atoms with E-state index in [0.717, 1.165) is 0 Å². The summed E-state index contributed by atoms with van der Waals surface area (Å²) in [5.41, 5.74) is 1.01. The summed E-state index contributed by atoms with van der Waals surface area (Å²) in [6.07, 6.45) is 0. The van der Waals surface area contributed by atoms with Crippen LogP contribution < -0.4 is 5.56 Å². The van der Waals surface area contributed by atoms with Crippen LogP contribution in [-0.4, -0.2) is 34.3 Å². The van der Waals surface area contributed by atoms with Gasteiger partial charge in [0.1, 0.15) is 0 Å². The minimum absolute atomic E-state index is 0.0665. The molecule has 0 radical (unpaired) electrons. The lowest BCUT2D eigenvalue weighted by Gasteiger charge is -2.16. The second-order valence-electron chi connectivity index (χ2n) is 6.00. The third kappa shape index (κ3) is 4.40. The Hall–Kier alpha value is -2.15. The summed E-state index contributed by atoms with van der Waals surface area (Å²) in [6, 6.07) is 14.0. The first-order chi connectivity index (χ1) is 13.0. The maximum Gasteiger partial charge on any atom is 0.262 e. The Morgan fingerprint density at radius 2 is 2.04 bits per heavy atom. The number of hydrogen-bond donors (Lipinski definition) is 0. The van der Waals surface area contributed by atoms with E-state index in [4.69, 9.17) is 16.3 Å². The van der Waals surface area contributed by atoms with Crippen LogP contribution in [0.15, 0.2) is 58.5 Å². The van der Waals surface area contributed by atoms with Gasteiger partial charge in [-0.05, 0) is 31.2 Å². The zero-order chi connectivity index (χ0) is 19.4. The highest BCUT2D eigenvalue weighted by molar-refractivity contribution is 8.00. The van der Waals surface area contributed by atoms with E-state index in [1.54, 1.807) is 55.0 Å². The van der Waals surface area contributed by atoms with Gasteiger partial charge >= 0.3 is 0 Å². The molecule has 5 nitrogen and oxygen atoms in total. The summed E-state index contributed by atoms with van der Waals surface area (Å²) in [5, 5.41) is 1.13. The number of methoxy groups -OCH3 is 1. The van der Waals surface area contributed by atoms with Crippen molar-refractivity contribution < 1.29 is 9.53 Å². The van der Waals surface area contributed by atoms with Gasteiger partial charge < -0.3 is 4.74 Å². The molecule has 1 heterocycles. The normalized spacial score (nSPS) is 12.3. The highest BCUT2D eigenvalue weighted by Gasteiger charge is 2.20. The number of rotatable bonds is 7. The highest BCUT2D eigenvalue weighted by Crippen LogP contribution is 2.25. The average molecular weight is 403 g/mol. The van der Waals surface area contributed by atoms with Crippen molar-refractivity contribution in [2.75, 3.05) is 13.7 Å². The second kappa shape index (κ2) is 8.69. The van der Waals surface area contributed by atoms with Crippen molar-refractivity contribution in [1.82, 2.24) is 9.55 Å². The van der Waals surface area contributed by atoms with Crippen LogP contribution in [0.4, 0.5) is 0 Å². The number of fused-ring (bicyclic) bond motifs is 1. The molecule has 0 aliphatic heterocycles. The number of para-hydroxylation sites is 1. The molecule has 0 saturated carbocycles. The molecular formula is C20H19ClN2O3S. The zero-order valence-electron chi connectivity index (χ0n) is 15.0. The van der Waals surface area contributed by atoms with Gasteiger partial charge in [-0.25, -0.2) is 4.98 Å². The van der Waals surface area contributed by atoms with Crippen molar-refractivity contribution in [2.24, 2.45) is 0 Å². The molecule has 27 heavy (non-hydrogen) atoms. The van der Waals surface area contributed by atoms with Gasteiger partial charge in [0, 0.05) is 17.7 Å². The van der Waals surface area contributed by atoms with Gasteiger partial charge in [-0.3, -0.25) is 14.2 Å². The van der Waals surface area contributed by atoms with Crippen LogP contribution in [-0.2, 0) is 11.3 Å². The highest BCUT2D eigenvalue weighted by atomic mass is 35.5. The van der Waals surface area contributed by atoms with E-state index in [0.29, 0.717) is 39.8 Å². The molecule has 0 fully saturated rings. The summed E-state index contributed by atoms with van der Waals surface area (Å²) in [6.45, 7) is 2.55.